The number of rotatable bonds is 7. The van der Waals surface area contributed by atoms with Crippen molar-refractivity contribution in [1.29, 1.82) is 5.26 Å². The molecule has 0 saturated heterocycles. The molecule has 1 aromatic heterocycles. The van der Waals surface area contributed by atoms with Crippen molar-refractivity contribution in [3.8, 4) is 6.07 Å². The molecule has 28 heavy (non-hydrogen) atoms. The Morgan fingerprint density at radius 2 is 2.00 bits per heavy atom. The lowest BCUT2D eigenvalue weighted by atomic mass is 10.1. The molecule has 0 bridgehead atoms. The molecule has 1 heterocycles. The topological polar surface area (TPSA) is 75.0 Å². The van der Waals surface area contributed by atoms with Crippen LogP contribution in [0.25, 0.3) is 6.08 Å². The third-order valence-electron chi connectivity index (χ3n) is 3.84. The normalized spacial score (nSPS) is 10.6. The number of anilines is 1. The molecule has 1 N–H and O–H groups in total. The Kier molecular flexibility index (Phi) is 6.84. The summed E-state index contributed by atoms with van der Waals surface area (Å²) in [5.41, 5.74) is 2.88. The molecular formula is C21H17N3O2S2. The molecule has 7 heteroatoms. The summed E-state index contributed by atoms with van der Waals surface area (Å²) in [6.45, 7) is 0. The van der Waals surface area contributed by atoms with Gasteiger partial charge in [0, 0.05) is 17.6 Å². The van der Waals surface area contributed by atoms with Gasteiger partial charge in [0.25, 0.3) is 0 Å². The highest BCUT2D eigenvalue weighted by Gasteiger charge is 2.15. The second-order valence-electron chi connectivity index (χ2n) is 5.62. The van der Waals surface area contributed by atoms with E-state index >= 15 is 0 Å². The first-order valence-electron chi connectivity index (χ1n) is 8.40. The Morgan fingerprint density at radius 1 is 1.25 bits per heavy atom. The van der Waals surface area contributed by atoms with Gasteiger partial charge in [-0.2, -0.15) is 9.64 Å². The molecule has 0 radical (unpaired) electrons. The lowest BCUT2D eigenvalue weighted by molar-refractivity contribution is 0.0600. The zero-order valence-electron chi connectivity index (χ0n) is 15.1. The molecule has 3 aromatic rings. The van der Waals surface area contributed by atoms with Crippen molar-refractivity contribution in [1.82, 2.24) is 4.37 Å². The van der Waals surface area contributed by atoms with Crippen molar-refractivity contribution in [3.05, 3.63) is 82.4 Å². The van der Waals surface area contributed by atoms with Gasteiger partial charge >= 0.3 is 5.97 Å². The Bertz CT molecular complexity index is 1020. The van der Waals surface area contributed by atoms with Gasteiger partial charge in [-0.15, -0.1) is 0 Å². The predicted octanol–water partition coefficient (Wildman–Crippen LogP) is 5.18. The largest absolute Gasteiger partial charge is 0.465 e. The highest BCUT2D eigenvalue weighted by atomic mass is 32.2. The average Bonchev–Trinajstić information content (AvgIpc) is 3.14. The van der Waals surface area contributed by atoms with Crippen molar-refractivity contribution in [3.63, 3.8) is 0 Å². The second kappa shape index (κ2) is 9.74. The zero-order chi connectivity index (χ0) is 19.8. The summed E-state index contributed by atoms with van der Waals surface area (Å²) in [4.78, 5) is 12.7. The van der Waals surface area contributed by atoms with Crippen LogP contribution in [0, 0.1) is 11.3 Å². The first kappa shape index (κ1) is 19.7. The van der Waals surface area contributed by atoms with Gasteiger partial charge in [0.1, 0.15) is 16.7 Å². The summed E-state index contributed by atoms with van der Waals surface area (Å²) in [5.74, 6) is 0.153. The number of nitrogens with zero attached hydrogens (tertiary/aromatic N) is 2. The Balaban J connectivity index is 1.71. The van der Waals surface area contributed by atoms with Crippen LogP contribution < -0.4 is 5.32 Å². The number of para-hydroxylation sites is 1. The number of nitriles is 1. The molecule has 2 aromatic carbocycles. The maximum absolute atomic E-state index is 11.9. The average molecular weight is 408 g/mol. The fourth-order valence-corrected chi connectivity index (χ4v) is 4.32. The first-order valence-corrected chi connectivity index (χ1v) is 10.2. The highest BCUT2D eigenvalue weighted by Crippen LogP contribution is 2.31. The minimum absolute atomic E-state index is 0.370. The number of carbonyl (C=O) groups is 1. The van der Waals surface area contributed by atoms with E-state index in [1.165, 1.54) is 30.4 Å². The molecule has 0 aliphatic rings. The number of thioether (sulfide) groups is 1. The third kappa shape index (κ3) is 4.80. The lowest BCUT2D eigenvalue weighted by Crippen LogP contribution is -2.04. The molecule has 5 nitrogen and oxygen atoms in total. The fourth-order valence-electron chi connectivity index (χ4n) is 2.45. The number of carbonyl (C=O) groups excluding carboxylic acids is 1. The molecule has 0 fully saturated rings. The van der Waals surface area contributed by atoms with Crippen LogP contribution in [0.3, 0.4) is 0 Å². The number of esters is 1. The molecule has 140 valence electrons. The van der Waals surface area contributed by atoms with E-state index in [1.54, 1.807) is 18.3 Å². The van der Waals surface area contributed by atoms with Crippen molar-refractivity contribution in [2.75, 3.05) is 12.4 Å². The molecule has 0 saturated carbocycles. The predicted molar refractivity (Wildman–Crippen MR) is 113 cm³/mol. The van der Waals surface area contributed by atoms with Gasteiger partial charge in [0.05, 0.1) is 17.6 Å². The van der Waals surface area contributed by atoms with Crippen molar-refractivity contribution >= 4 is 41.0 Å². The van der Waals surface area contributed by atoms with E-state index in [-0.39, 0.29) is 5.97 Å². The number of ether oxygens (including phenoxy) is 1. The first-order chi connectivity index (χ1) is 13.7. The molecule has 0 unspecified atom stereocenters. The Hall–Kier alpha value is -3.08. The smallest absolute Gasteiger partial charge is 0.338 e. The third-order valence-corrected chi connectivity index (χ3v) is 5.80. The quantitative estimate of drug-likeness (QED) is 0.430. The van der Waals surface area contributed by atoms with Crippen LogP contribution in [0.1, 0.15) is 26.4 Å². The van der Waals surface area contributed by atoms with Crippen molar-refractivity contribution in [2.24, 2.45) is 0 Å². The monoisotopic (exact) mass is 407 g/mol. The van der Waals surface area contributed by atoms with Gasteiger partial charge in [0.15, 0.2) is 0 Å². The van der Waals surface area contributed by atoms with Gasteiger partial charge in [-0.25, -0.2) is 4.79 Å². The Labute approximate surface area is 171 Å². The molecular weight excluding hydrogens is 390 g/mol. The van der Waals surface area contributed by atoms with Crippen LogP contribution >= 0.6 is 23.3 Å². The summed E-state index contributed by atoms with van der Waals surface area (Å²) < 4.78 is 9.24. The lowest BCUT2D eigenvalue weighted by Gasteiger charge is -2.06. The maximum Gasteiger partial charge on any atom is 0.338 e. The Morgan fingerprint density at radius 3 is 2.75 bits per heavy atom. The standard InChI is InChI=1S/C21H17N3O2S2/c1-26-21(25)17-10-6-5-7-15(17)14-27-20-18(13-22)19(28-24-20)11-12-23-16-8-3-2-4-9-16/h2-12,23H,14H2,1H3/b12-11+. The van der Waals surface area contributed by atoms with Gasteiger partial charge in [-0.05, 0) is 41.4 Å². The number of hydrogen-bond donors (Lipinski definition) is 1. The minimum atomic E-state index is -0.370. The number of methoxy groups -OCH3 is 1. The fraction of sp³-hybridized carbons (Fsp3) is 0.0952. The summed E-state index contributed by atoms with van der Waals surface area (Å²) in [7, 11) is 1.36. The van der Waals surface area contributed by atoms with Crippen LogP contribution in [0.4, 0.5) is 5.69 Å². The molecule has 0 aliphatic heterocycles. The molecule has 0 atom stereocenters. The van der Waals surface area contributed by atoms with E-state index < -0.39 is 0 Å². The van der Waals surface area contributed by atoms with Crippen LogP contribution in [0.15, 0.2) is 65.8 Å². The van der Waals surface area contributed by atoms with Gasteiger partial charge in [0.2, 0.25) is 0 Å². The van der Waals surface area contributed by atoms with Crippen molar-refractivity contribution < 1.29 is 9.53 Å². The molecule has 0 amide bonds. The van der Waals surface area contributed by atoms with E-state index in [4.69, 9.17) is 4.74 Å². The van der Waals surface area contributed by atoms with Gasteiger partial charge in [-0.3, -0.25) is 0 Å². The summed E-state index contributed by atoms with van der Waals surface area (Å²) in [6.07, 6.45) is 3.64. The van der Waals surface area contributed by atoms with E-state index in [0.717, 1.165) is 16.1 Å². The number of benzene rings is 2. The number of aromatic nitrogens is 1. The summed E-state index contributed by atoms with van der Waals surface area (Å²) >= 11 is 2.71. The summed E-state index contributed by atoms with van der Waals surface area (Å²) in [6, 6.07) is 19.3. The second-order valence-corrected chi connectivity index (χ2v) is 7.39. The number of nitrogens with one attached hydrogen (secondary N) is 1. The van der Waals surface area contributed by atoms with Gasteiger partial charge < -0.3 is 10.1 Å². The molecule has 0 aliphatic carbocycles. The number of hydrogen-bond acceptors (Lipinski definition) is 7. The zero-order valence-corrected chi connectivity index (χ0v) is 16.7. The van der Waals surface area contributed by atoms with Gasteiger partial charge in [-0.1, -0.05) is 48.2 Å². The van der Waals surface area contributed by atoms with Crippen molar-refractivity contribution in [2.45, 2.75) is 10.8 Å². The highest BCUT2D eigenvalue weighted by molar-refractivity contribution is 7.98. The SMILES string of the molecule is COC(=O)c1ccccc1CSc1nsc(/C=C/Nc2ccccc2)c1C#N. The maximum atomic E-state index is 11.9. The van der Waals surface area contributed by atoms with E-state index in [1.807, 2.05) is 48.5 Å². The van der Waals surface area contributed by atoms with E-state index in [0.29, 0.717) is 21.9 Å². The molecule has 0 spiro atoms. The van der Waals surface area contributed by atoms with Crippen LogP contribution in [-0.2, 0) is 10.5 Å². The summed E-state index contributed by atoms with van der Waals surface area (Å²) in [5, 5.41) is 13.4. The molecule has 3 rings (SSSR count). The van der Waals surface area contributed by atoms with E-state index in [2.05, 4.69) is 15.8 Å². The van der Waals surface area contributed by atoms with E-state index in [9.17, 15) is 10.1 Å². The van der Waals surface area contributed by atoms with Crippen LogP contribution in [0.2, 0.25) is 0 Å². The van der Waals surface area contributed by atoms with Crippen LogP contribution in [-0.4, -0.2) is 17.5 Å². The minimum Gasteiger partial charge on any atom is -0.465 e. The van der Waals surface area contributed by atoms with Crippen LogP contribution in [0.5, 0.6) is 0 Å².